The average Bonchev–Trinajstić information content (AvgIpc) is 2.92. The Hall–Kier alpha value is -2.82. The van der Waals surface area contributed by atoms with Crippen molar-refractivity contribution >= 4 is 27.3 Å². The maximum absolute atomic E-state index is 13.5. The van der Waals surface area contributed by atoms with Crippen LogP contribution in [0.2, 0.25) is 0 Å². The fraction of sp³-hybridized carbons (Fsp3) is 0.188. The van der Waals surface area contributed by atoms with Crippen LogP contribution in [0.4, 0.5) is 28.9 Å². The molecule has 0 atom stereocenters. The number of benzene rings is 2. The summed E-state index contributed by atoms with van der Waals surface area (Å²) in [6, 6.07) is 6.30. The number of rotatable bonds is 5. The number of sulfonamides is 1. The number of fused-ring (bicyclic) bond motifs is 1. The molecule has 0 spiro atoms. The van der Waals surface area contributed by atoms with Gasteiger partial charge in [0.15, 0.2) is 6.61 Å². The van der Waals surface area contributed by atoms with Crippen LogP contribution in [0.5, 0.6) is 5.75 Å². The van der Waals surface area contributed by atoms with Gasteiger partial charge in [-0.1, -0.05) is 0 Å². The molecule has 11 heteroatoms. The zero-order valence-corrected chi connectivity index (χ0v) is 14.2. The highest BCUT2D eigenvalue weighted by molar-refractivity contribution is 7.92. The first-order valence-electron chi connectivity index (χ1n) is 7.48. The number of hydrogen-bond donors (Lipinski definition) is 2. The van der Waals surface area contributed by atoms with Crippen LogP contribution >= 0.6 is 0 Å². The first-order valence-corrected chi connectivity index (χ1v) is 8.96. The van der Waals surface area contributed by atoms with Crippen molar-refractivity contribution in [2.45, 2.75) is 17.5 Å². The third-order valence-electron chi connectivity index (χ3n) is 3.59. The number of hydrogen-bond acceptors (Lipinski definition) is 4. The van der Waals surface area contributed by atoms with Crippen molar-refractivity contribution in [3.05, 3.63) is 47.8 Å². The minimum absolute atomic E-state index is 0.00139. The van der Waals surface area contributed by atoms with Gasteiger partial charge in [-0.2, -0.15) is 13.2 Å². The molecular weight excluding hydrogens is 392 g/mol. The van der Waals surface area contributed by atoms with Gasteiger partial charge < -0.3 is 10.1 Å². The van der Waals surface area contributed by atoms with E-state index in [1.54, 1.807) is 0 Å². The van der Waals surface area contributed by atoms with E-state index in [4.69, 9.17) is 0 Å². The molecule has 6 nitrogen and oxygen atoms in total. The molecule has 0 aromatic heterocycles. The lowest BCUT2D eigenvalue weighted by molar-refractivity contribution is -0.153. The van der Waals surface area contributed by atoms with Crippen LogP contribution in [0, 0.1) is 5.82 Å². The molecule has 1 heterocycles. The summed E-state index contributed by atoms with van der Waals surface area (Å²) >= 11 is 0. The van der Waals surface area contributed by atoms with Crippen LogP contribution in [0.15, 0.2) is 41.3 Å². The number of carbonyl (C=O) groups excluding carboxylic acids is 1. The molecule has 144 valence electrons. The molecule has 0 radical (unpaired) electrons. The first kappa shape index (κ1) is 19.0. The molecule has 27 heavy (non-hydrogen) atoms. The molecule has 0 fully saturated rings. The number of anilines is 2. The Balaban J connectivity index is 1.89. The van der Waals surface area contributed by atoms with E-state index in [0.717, 1.165) is 12.1 Å². The molecular formula is C16H12F4N2O4S. The monoisotopic (exact) mass is 404 g/mol. The highest BCUT2D eigenvalue weighted by Crippen LogP contribution is 2.31. The largest absolute Gasteiger partial charge is 0.482 e. The van der Waals surface area contributed by atoms with Crippen LogP contribution in [-0.4, -0.2) is 27.1 Å². The molecule has 1 aliphatic heterocycles. The number of alkyl halides is 3. The summed E-state index contributed by atoms with van der Waals surface area (Å²) < 4.78 is 82.1. The number of amides is 1. The van der Waals surface area contributed by atoms with Crippen molar-refractivity contribution < 1.29 is 35.5 Å². The Kier molecular flexibility index (Phi) is 4.72. The number of halogens is 4. The van der Waals surface area contributed by atoms with E-state index in [2.05, 4.69) is 10.1 Å². The zero-order chi connectivity index (χ0) is 19.8. The summed E-state index contributed by atoms with van der Waals surface area (Å²) in [6.45, 7) is -1.67. The smallest absolute Gasteiger partial charge is 0.422 e. The van der Waals surface area contributed by atoms with E-state index in [1.807, 2.05) is 4.72 Å². The average molecular weight is 404 g/mol. The lowest BCUT2D eigenvalue weighted by Gasteiger charge is -2.15. The van der Waals surface area contributed by atoms with Gasteiger partial charge in [0, 0.05) is 11.8 Å². The summed E-state index contributed by atoms with van der Waals surface area (Å²) in [5.74, 6) is -1.63. The summed E-state index contributed by atoms with van der Waals surface area (Å²) in [5.41, 5.74) is 0.448. The Labute approximate surface area is 151 Å². The van der Waals surface area contributed by atoms with E-state index < -0.39 is 40.1 Å². The lowest BCUT2D eigenvalue weighted by atomic mass is 10.2. The third-order valence-corrected chi connectivity index (χ3v) is 4.95. The first-order chi connectivity index (χ1) is 12.5. The van der Waals surface area contributed by atoms with Crippen LogP contribution in [0.3, 0.4) is 0 Å². The predicted molar refractivity (Wildman–Crippen MR) is 87.5 cm³/mol. The quantitative estimate of drug-likeness (QED) is 0.751. The maximum Gasteiger partial charge on any atom is 0.422 e. The number of nitrogens with one attached hydrogen (secondary N) is 2. The molecule has 1 amide bonds. The SMILES string of the molecule is O=C1Cc2cc(S(=O)(=O)Nc3cc(F)ccc3OCC(F)(F)F)ccc2N1. The Morgan fingerprint density at radius 1 is 1.15 bits per heavy atom. The van der Waals surface area contributed by atoms with Crippen molar-refractivity contribution in [1.29, 1.82) is 0 Å². The molecule has 0 aliphatic carbocycles. The standard InChI is InChI=1S/C16H12F4N2O4S/c17-10-1-4-14(26-8-16(18,19)20)13(7-10)22-27(24,25)11-2-3-12-9(5-11)6-15(23)21-12/h1-5,7,22H,6,8H2,(H,21,23). The van der Waals surface area contributed by atoms with Crippen LogP contribution in [-0.2, 0) is 21.2 Å². The van der Waals surface area contributed by atoms with E-state index >= 15 is 0 Å². The van der Waals surface area contributed by atoms with Crippen molar-refractivity contribution in [3.63, 3.8) is 0 Å². The highest BCUT2D eigenvalue weighted by atomic mass is 32.2. The molecule has 0 bridgehead atoms. The number of ether oxygens (including phenoxy) is 1. The van der Waals surface area contributed by atoms with Gasteiger partial charge in [0.2, 0.25) is 5.91 Å². The van der Waals surface area contributed by atoms with Gasteiger partial charge in [0.1, 0.15) is 11.6 Å². The molecule has 2 aromatic carbocycles. The van der Waals surface area contributed by atoms with Gasteiger partial charge in [-0.3, -0.25) is 9.52 Å². The van der Waals surface area contributed by atoms with Crippen molar-refractivity contribution in [3.8, 4) is 5.75 Å². The second kappa shape index (κ2) is 6.72. The second-order valence-electron chi connectivity index (χ2n) is 5.69. The van der Waals surface area contributed by atoms with Crippen LogP contribution in [0.25, 0.3) is 0 Å². The predicted octanol–water partition coefficient (Wildman–Crippen LogP) is 3.06. The number of carbonyl (C=O) groups is 1. The van der Waals surface area contributed by atoms with Gasteiger partial charge in [-0.05, 0) is 35.9 Å². The fourth-order valence-corrected chi connectivity index (χ4v) is 3.56. The summed E-state index contributed by atoms with van der Waals surface area (Å²) in [5, 5.41) is 2.54. The van der Waals surface area contributed by atoms with Gasteiger partial charge in [0.25, 0.3) is 10.0 Å². The topological polar surface area (TPSA) is 84.5 Å². The van der Waals surface area contributed by atoms with Gasteiger partial charge in [-0.15, -0.1) is 0 Å². The molecule has 0 unspecified atom stereocenters. The summed E-state index contributed by atoms with van der Waals surface area (Å²) in [7, 11) is -4.26. The Morgan fingerprint density at radius 2 is 1.89 bits per heavy atom. The summed E-state index contributed by atoms with van der Waals surface area (Å²) in [6.07, 6.45) is -4.65. The molecule has 3 rings (SSSR count). The molecule has 2 N–H and O–H groups in total. The third kappa shape index (κ3) is 4.48. The van der Waals surface area contributed by atoms with E-state index in [1.165, 1.54) is 18.2 Å². The zero-order valence-electron chi connectivity index (χ0n) is 13.4. The van der Waals surface area contributed by atoms with Crippen LogP contribution in [0.1, 0.15) is 5.56 Å². The highest BCUT2D eigenvalue weighted by Gasteiger charge is 2.29. The molecule has 0 saturated carbocycles. The van der Waals surface area contributed by atoms with Crippen LogP contribution < -0.4 is 14.8 Å². The molecule has 0 saturated heterocycles. The Morgan fingerprint density at radius 3 is 2.59 bits per heavy atom. The maximum atomic E-state index is 13.5. The van der Waals surface area contributed by atoms with Crippen molar-refractivity contribution in [1.82, 2.24) is 0 Å². The van der Waals surface area contributed by atoms with E-state index in [0.29, 0.717) is 17.3 Å². The van der Waals surface area contributed by atoms with Crippen molar-refractivity contribution in [2.75, 3.05) is 16.6 Å². The normalized spacial score (nSPS) is 13.9. The lowest BCUT2D eigenvalue weighted by Crippen LogP contribution is -2.20. The van der Waals surface area contributed by atoms with Crippen molar-refractivity contribution in [2.24, 2.45) is 0 Å². The fourth-order valence-electron chi connectivity index (χ4n) is 2.44. The van der Waals surface area contributed by atoms with Gasteiger partial charge in [0.05, 0.1) is 17.0 Å². The molecule has 2 aromatic rings. The van der Waals surface area contributed by atoms with E-state index in [9.17, 15) is 30.8 Å². The summed E-state index contributed by atoms with van der Waals surface area (Å²) in [4.78, 5) is 11.1. The minimum atomic E-state index is -4.65. The molecule has 1 aliphatic rings. The van der Waals surface area contributed by atoms with Gasteiger partial charge in [-0.25, -0.2) is 12.8 Å². The minimum Gasteiger partial charge on any atom is -0.482 e. The second-order valence-corrected chi connectivity index (χ2v) is 7.38. The van der Waals surface area contributed by atoms with E-state index in [-0.39, 0.29) is 17.2 Å². The van der Waals surface area contributed by atoms with Gasteiger partial charge >= 0.3 is 6.18 Å². The Bertz CT molecular complexity index is 1010.